The van der Waals surface area contributed by atoms with Crippen molar-refractivity contribution >= 4 is 6.03 Å². The van der Waals surface area contributed by atoms with Gasteiger partial charge in [-0.3, -0.25) is 0 Å². The van der Waals surface area contributed by atoms with Gasteiger partial charge in [-0.2, -0.15) is 0 Å². The molecule has 2 rings (SSSR count). The van der Waals surface area contributed by atoms with Gasteiger partial charge in [0.1, 0.15) is 11.5 Å². The maximum atomic E-state index is 11.8. The number of hydrogen-bond donors (Lipinski definition) is 2. The van der Waals surface area contributed by atoms with Gasteiger partial charge in [0.25, 0.3) is 0 Å². The van der Waals surface area contributed by atoms with E-state index in [0.29, 0.717) is 13.1 Å². The maximum absolute atomic E-state index is 11.8. The summed E-state index contributed by atoms with van der Waals surface area (Å²) >= 11 is 0. The lowest BCUT2D eigenvalue weighted by atomic mass is 10.1. The highest BCUT2D eigenvalue weighted by molar-refractivity contribution is 5.73. The Morgan fingerprint density at radius 2 is 1.83 bits per heavy atom. The number of benzene rings is 2. The first-order chi connectivity index (χ1) is 11.2. The number of rotatable bonds is 7. The fourth-order valence-electron chi connectivity index (χ4n) is 2.24. The Hall–Kier alpha value is -2.69. The van der Waals surface area contributed by atoms with Gasteiger partial charge in [-0.25, -0.2) is 4.79 Å². The van der Waals surface area contributed by atoms with Crippen molar-refractivity contribution in [3.8, 4) is 11.5 Å². The van der Waals surface area contributed by atoms with Gasteiger partial charge in [0.05, 0.1) is 14.2 Å². The van der Waals surface area contributed by atoms with E-state index >= 15 is 0 Å². The number of amides is 2. The Morgan fingerprint density at radius 1 is 1.00 bits per heavy atom. The lowest BCUT2D eigenvalue weighted by Crippen LogP contribution is -2.36. The molecule has 0 bridgehead atoms. The van der Waals surface area contributed by atoms with Crippen LogP contribution in [0.15, 0.2) is 48.5 Å². The largest absolute Gasteiger partial charge is 0.497 e. The van der Waals surface area contributed by atoms with Gasteiger partial charge in [0, 0.05) is 18.7 Å². The summed E-state index contributed by atoms with van der Waals surface area (Å²) in [5.74, 6) is 1.59. The van der Waals surface area contributed by atoms with Crippen molar-refractivity contribution in [3.05, 3.63) is 59.7 Å². The molecule has 5 nitrogen and oxygen atoms in total. The number of hydrogen-bond acceptors (Lipinski definition) is 3. The Labute approximate surface area is 136 Å². The summed E-state index contributed by atoms with van der Waals surface area (Å²) < 4.78 is 10.4. The summed E-state index contributed by atoms with van der Waals surface area (Å²) in [5, 5.41) is 5.67. The van der Waals surface area contributed by atoms with Gasteiger partial charge in [0.2, 0.25) is 0 Å². The molecule has 0 radical (unpaired) electrons. The van der Waals surface area contributed by atoms with Crippen molar-refractivity contribution in [2.75, 3.05) is 20.8 Å². The van der Waals surface area contributed by atoms with Crippen LogP contribution in [0.4, 0.5) is 4.79 Å². The van der Waals surface area contributed by atoms with Crippen molar-refractivity contribution in [1.29, 1.82) is 0 Å². The third-order valence-electron chi connectivity index (χ3n) is 3.47. The standard InChI is InChI=1S/C18H22N2O3/c1-22-16-8-5-6-14(12-16)10-11-19-18(21)20-13-15-7-3-4-9-17(15)23-2/h3-9,12H,10-11,13H2,1-2H3,(H2,19,20,21). The summed E-state index contributed by atoms with van der Waals surface area (Å²) in [5.41, 5.74) is 2.06. The first-order valence-electron chi connectivity index (χ1n) is 7.49. The summed E-state index contributed by atoms with van der Waals surface area (Å²) in [6.45, 7) is 0.986. The zero-order valence-electron chi connectivity index (χ0n) is 13.5. The Balaban J connectivity index is 1.74. The van der Waals surface area contributed by atoms with Crippen LogP contribution in [0.2, 0.25) is 0 Å². The van der Waals surface area contributed by atoms with E-state index in [1.807, 2.05) is 48.5 Å². The van der Waals surface area contributed by atoms with Crippen LogP contribution in [-0.4, -0.2) is 26.8 Å². The molecule has 2 N–H and O–H groups in total. The second-order valence-corrected chi connectivity index (χ2v) is 5.02. The van der Waals surface area contributed by atoms with E-state index in [1.165, 1.54) is 0 Å². The summed E-state index contributed by atoms with van der Waals surface area (Å²) in [6, 6.07) is 15.2. The molecule has 0 heterocycles. The molecule has 0 fully saturated rings. The molecular weight excluding hydrogens is 292 g/mol. The van der Waals surface area contributed by atoms with Gasteiger partial charge in [0.15, 0.2) is 0 Å². The van der Waals surface area contributed by atoms with E-state index in [0.717, 1.165) is 29.0 Å². The minimum absolute atomic E-state index is 0.196. The molecule has 0 aliphatic rings. The Morgan fingerprint density at radius 3 is 2.61 bits per heavy atom. The third kappa shape index (κ3) is 5.21. The highest BCUT2D eigenvalue weighted by Gasteiger charge is 2.04. The third-order valence-corrected chi connectivity index (χ3v) is 3.47. The SMILES string of the molecule is COc1cccc(CCNC(=O)NCc2ccccc2OC)c1. The normalized spacial score (nSPS) is 10.0. The van der Waals surface area contributed by atoms with Crippen molar-refractivity contribution in [1.82, 2.24) is 10.6 Å². The molecule has 0 unspecified atom stereocenters. The zero-order valence-corrected chi connectivity index (χ0v) is 13.5. The summed E-state index contributed by atoms with van der Waals surface area (Å²) in [7, 11) is 3.26. The first kappa shape index (κ1) is 16.7. The molecule has 0 atom stereocenters. The van der Waals surface area contributed by atoms with Crippen LogP contribution < -0.4 is 20.1 Å². The van der Waals surface area contributed by atoms with Crippen molar-refractivity contribution < 1.29 is 14.3 Å². The number of carbonyl (C=O) groups excluding carboxylic acids is 1. The number of methoxy groups -OCH3 is 2. The van der Waals surface area contributed by atoms with Gasteiger partial charge >= 0.3 is 6.03 Å². The zero-order chi connectivity index (χ0) is 16.5. The Bertz CT molecular complexity index is 644. The quantitative estimate of drug-likeness (QED) is 0.826. The molecule has 122 valence electrons. The van der Waals surface area contributed by atoms with E-state index in [1.54, 1.807) is 14.2 Å². The van der Waals surface area contributed by atoms with Gasteiger partial charge in [-0.05, 0) is 30.2 Å². The number of nitrogens with one attached hydrogen (secondary N) is 2. The minimum Gasteiger partial charge on any atom is -0.497 e. The highest BCUT2D eigenvalue weighted by atomic mass is 16.5. The smallest absolute Gasteiger partial charge is 0.315 e. The number of ether oxygens (including phenoxy) is 2. The molecule has 5 heteroatoms. The predicted molar refractivity (Wildman–Crippen MR) is 89.9 cm³/mol. The molecule has 2 amide bonds. The molecule has 0 aromatic heterocycles. The van der Waals surface area contributed by atoms with Crippen LogP contribution >= 0.6 is 0 Å². The first-order valence-corrected chi connectivity index (χ1v) is 7.49. The number of urea groups is 1. The second-order valence-electron chi connectivity index (χ2n) is 5.02. The molecule has 0 saturated heterocycles. The highest BCUT2D eigenvalue weighted by Crippen LogP contribution is 2.16. The van der Waals surface area contributed by atoms with Crippen LogP contribution in [0.25, 0.3) is 0 Å². The lowest BCUT2D eigenvalue weighted by Gasteiger charge is -2.10. The molecule has 0 saturated carbocycles. The summed E-state index contributed by atoms with van der Waals surface area (Å²) in [6.07, 6.45) is 0.749. The van der Waals surface area contributed by atoms with Crippen molar-refractivity contribution in [3.63, 3.8) is 0 Å². The van der Waals surface area contributed by atoms with Crippen LogP contribution in [0.3, 0.4) is 0 Å². The predicted octanol–water partition coefficient (Wildman–Crippen LogP) is 2.75. The fraction of sp³-hybridized carbons (Fsp3) is 0.278. The summed E-state index contributed by atoms with van der Waals surface area (Å²) in [4.78, 5) is 11.8. The molecule has 0 aliphatic carbocycles. The second kappa shape index (κ2) is 8.68. The van der Waals surface area contributed by atoms with E-state index < -0.39 is 0 Å². The Kier molecular flexibility index (Phi) is 6.29. The van der Waals surface area contributed by atoms with Crippen molar-refractivity contribution in [2.24, 2.45) is 0 Å². The average Bonchev–Trinajstić information content (AvgIpc) is 2.60. The maximum Gasteiger partial charge on any atom is 0.315 e. The van der Waals surface area contributed by atoms with Gasteiger partial charge in [-0.1, -0.05) is 30.3 Å². The molecule has 23 heavy (non-hydrogen) atoms. The van der Waals surface area contributed by atoms with E-state index in [2.05, 4.69) is 10.6 Å². The van der Waals surface area contributed by atoms with Crippen molar-refractivity contribution in [2.45, 2.75) is 13.0 Å². The number of carbonyl (C=O) groups is 1. The minimum atomic E-state index is -0.196. The topological polar surface area (TPSA) is 59.6 Å². The number of para-hydroxylation sites is 1. The molecule has 0 spiro atoms. The average molecular weight is 314 g/mol. The van der Waals surface area contributed by atoms with Crippen LogP contribution in [0.5, 0.6) is 11.5 Å². The molecule has 2 aromatic rings. The lowest BCUT2D eigenvalue weighted by molar-refractivity contribution is 0.240. The monoisotopic (exact) mass is 314 g/mol. The van der Waals surface area contributed by atoms with Crippen LogP contribution in [0.1, 0.15) is 11.1 Å². The van der Waals surface area contributed by atoms with Crippen LogP contribution in [-0.2, 0) is 13.0 Å². The molecule has 2 aromatic carbocycles. The van der Waals surface area contributed by atoms with E-state index in [9.17, 15) is 4.79 Å². The molecule has 0 aliphatic heterocycles. The fourth-order valence-corrected chi connectivity index (χ4v) is 2.24. The van der Waals surface area contributed by atoms with E-state index in [-0.39, 0.29) is 6.03 Å². The van der Waals surface area contributed by atoms with E-state index in [4.69, 9.17) is 9.47 Å². The van der Waals surface area contributed by atoms with Crippen LogP contribution in [0, 0.1) is 0 Å². The van der Waals surface area contributed by atoms with Gasteiger partial charge < -0.3 is 20.1 Å². The van der Waals surface area contributed by atoms with Gasteiger partial charge in [-0.15, -0.1) is 0 Å². The molecular formula is C18H22N2O3.